The molecule has 0 aliphatic heterocycles. The van der Waals surface area contributed by atoms with E-state index in [1.165, 1.54) is 55.4 Å². The summed E-state index contributed by atoms with van der Waals surface area (Å²) in [6.45, 7) is 0.189. The number of aromatic amines is 1. The van der Waals surface area contributed by atoms with Gasteiger partial charge in [0.05, 0.1) is 0 Å². The van der Waals surface area contributed by atoms with Crippen molar-refractivity contribution in [1.29, 1.82) is 0 Å². The van der Waals surface area contributed by atoms with Gasteiger partial charge in [0.25, 0.3) is 5.56 Å². The number of nitrogens with zero attached hydrogens (tertiary/aromatic N) is 3. The van der Waals surface area contributed by atoms with Crippen LogP contribution in [0.25, 0.3) is 0 Å². The van der Waals surface area contributed by atoms with E-state index < -0.39 is 11.2 Å². The smallest absolute Gasteiger partial charge is 0.328 e. The van der Waals surface area contributed by atoms with Crippen molar-refractivity contribution in [2.45, 2.75) is 50.5 Å². The molecule has 0 radical (unpaired) electrons. The second-order valence-electron chi connectivity index (χ2n) is 7.95. The molecule has 0 spiro atoms. The topological polar surface area (TPSA) is 93.8 Å². The minimum Gasteiger partial charge on any atom is -0.337 e. The highest BCUT2D eigenvalue weighted by atomic mass is 16.5. The summed E-state index contributed by atoms with van der Waals surface area (Å²) in [5.74, 6) is 3.71. The molecular formula is C17H20N4O3. The molecule has 1 N–H and O–H groups in total. The van der Waals surface area contributed by atoms with Gasteiger partial charge < -0.3 is 4.52 Å². The Balaban J connectivity index is 1.43. The van der Waals surface area contributed by atoms with Gasteiger partial charge in [0.1, 0.15) is 6.54 Å². The number of rotatable bonds is 3. The molecule has 6 rings (SSSR count). The van der Waals surface area contributed by atoms with Crippen LogP contribution >= 0.6 is 0 Å². The van der Waals surface area contributed by atoms with Crippen LogP contribution in [0.5, 0.6) is 0 Å². The molecule has 4 fully saturated rings. The van der Waals surface area contributed by atoms with E-state index in [2.05, 4.69) is 15.1 Å². The van der Waals surface area contributed by atoms with Gasteiger partial charge >= 0.3 is 5.69 Å². The highest BCUT2D eigenvalue weighted by Gasteiger charge is 2.53. The Morgan fingerprint density at radius 2 is 1.83 bits per heavy atom. The number of nitrogens with one attached hydrogen (secondary N) is 1. The van der Waals surface area contributed by atoms with Crippen LogP contribution in [0.2, 0.25) is 0 Å². The van der Waals surface area contributed by atoms with Crippen LogP contribution in [-0.2, 0) is 12.0 Å². The van der Waals surface area contributed by atoms with Gasteiger partial charge in [-0.15, -0.1) is 0 Å². The van der Waals surface area contributed by atoms with E-state index in [0.29, 0.717) is 5.89 Å². The first-order valence-electron chi connectivity index (χ1n) is 8.72. The first kappa shape index (κ1) is 14.2. The van der Waals surface area contributed by atoms with Crippen molar-refractivity contribution in [3.05, 3.63) is 44.8 Å². The van der Waals surface area contributed by atoms with E-state index in [9.17, 15) is 9.59 Å². The van der Waals surface area contributed by atoms with Crippen molar-refractivity contribution in [3.63, 3.8) is 0 Å². The molecule has 2 aromatic rings. The molecule has 2 aromatic heterocycles. The highest BCUT2D eigenvalue weighted by Crippen LogP contribution is 2.60. The molecule has 4 aliphatic carbocycles. The number of H-pyrrole nitrogens is 1. The zero-order valence-electron chi connectivity index (χ0n) is 13.4. The average Bonchev–Trinajstić information content (AvgIpc) is 2.98. The molecule has 0 saturated heterocycles. The quantitative estimate of drug-likeness (QED) is 0.920. The Bertz CT molecular complexity index is 858. The largest absolute Gasteiger partial charge is 0.337 e. The molecule has 0 amide bonds. The summed E-state index contributed by atoms with van der Waals surface area (Å²) in [5.41, 5.74) is -0.778. The van der Waals surface area contributed by atoms with Crippen LogP contribution in [0.1, 0.15) is 50.2 Å². The minimum atomic E-state index is -0.461. The summed E-state index contributed by atoms with van der Waals surface area (Å²) in [5, 5.41) is 4.28. The number of hydrogen-bond donors (Lipinski definition) is 1. The van der Waals surface area contributed by atoms with Gasteiger partial charge in [0, 0.05) is 17.7 Å². The zero-order valence-corrected chi connectivity index (χ0v) is 13.4. The first-order valence-corrected chi connectivity index (χ1v) is 8.72. The van der Waals surface area contributed by atoms with E-state index >= 15 is 0 Å². The van der Waals surface area contributed by atoms with E-state index in [4.69, 9.17) is 4.52 Å². The molecule has 0 atom stereocenters. The lowest BCUT2D eigenvalue weighted by Gasteiger charge is -2.55. The summed E-state index contributed by atoms with van der Waals surface area (Å²) in [6.07, 6.45) is 9.10. The molecule has 4 bridgehead atoms. The summed E-state index contributed by atoms with van der Waals surface area (Å²) < 4.78 is 6.80. The zero-order chi connectivity index (χ0) is 16.3. The Labute approximate surface area is 138 Å². The van der Waals surface area contributed by atoms with E-state index in [1.54, 1.807) is 0 Å². The predicted molar refractivity (Wildman–Crippen MR) is 84.6 cm³/mol. The third kappa shape index (κ3) is 2.17. The fourth-order valence-electron chi connectivity index (χ4n) is 5.63. The van der Waals surface area contributed by atoms with Crippen molar-refractivity contribution in [3.8, 4) is 0 Å². The van der Waals surface area contributed by atoms with Crippen molar-refractivity contribution in [1.82, 2.24) is 19.7 Å². The van der Waals surface area contributed by atoms with Crippen LogP contribution < -0.4 is 11.2 Å². The SMILES string of the molecule is O=c1ccn(Cc2nc(C34CC5CC(CC(C5)C3)C4)no2)c(=O)[nH]1. The third-order valence-corrected chi connectivity index (χ3v) is 6.18. The molecule has 126 valence electrons. The van der Waals surface area contributed by atoms with Crippen molar-refractivity contribution in [2.75, 3.05) is 0 Å². The first-order chi connectivity index (χ1) is 11.6. The van der Waals surface area contributed by atoms with Crippen molar-refractivity contribution >= 4 is 0 Å². The Hall–Kier alpha value is -2.18. The summed E-state index contributed by atoms with van der Waals surface area (Å²) >= 11 is 0. The maximum atomic E-state index is 11.8. The summed E-state index contributed by atoms with van der Waals surface area (Å²) in [7, 11) is 0. The van der Waals surface area contributed by atoms with Gasteiger partial charge in [0.15, 0.2) is 5.82 Å². The lowest BCUT2D eigenvalue weighted by Crippen LogP contribution is -2.49. The fourth-order valence-corrected chi connectivity index (χ4v) is 5.63. The molecule has 4 saturated carbocycles. The minimum absolute atomic E-state index is 0.0897. The van der Waals surface area contributed by atoms with Crippen LogP contribution in [0.3, 0.4) is 0 Å². The molecule has 0 unspecified atom stereocenters. The predicted octanol–water partition coefficient (Wildman–Crippen LogP) is 1.44. The van der Waals surface area contributed by atoms with Gasteiger partial charge in [-0.05, 0) is 56.3 Å². The maximum absolute atomic E-state index is 11.8. The molecule has 24 heavy (non-hydrogen) atoms. The standard InChI is InChI=1S/C17H20N4O3/c22-13-1-2-21(16(23)18-13)9-14-19-15(20-24-14)17-6-10-3-11(7-17)5-12(4-10)8-17/h1-2,10-12H,3-9H2,(H,18,22,23). The Morgan fingerprint density at radius 3 is 2.46 bits per heavy atom. The van der Waals surface area contributed by atoms with Crippen LogP contribution in [0.4, 0.5) is 0 Å². The Kier molecular flexibility index (Phi) is 2.90. The summed E-state index contributed by atoms with van der Waals surface area (Å²) in [4.78, 5) is 29.8. The maximum Gasteiger partial charge on any atom is 0.328 e. The van der Waals surface area contributed by atoms with E-state index in [-0.39, 0.29) is 12.0 Å². The van der Waals surface area contributed by atoms with Gasteiger partial charge in [-0.3, -0.25) is 14.3 Å². The lowest BCUT2D eigenvalue weighted by molar-refractivity contribution is -0.0103. The molecule has 2 heterocycles. The molecule has 7 nitrogen and oxygen atoms in total. The normalized spacial score (nSPS) is 33.9. The number of aromatic nitrogens is 4. The molecular weight excluding hydrogens is 308 g/mol. The van der Waals surface area contributed by atoms with Gasteiger partial charge in [-0.2, -0.15) is 4.98 Å². The van der Waals surface area contributed by atoms with Crippen LogP contribution in [0.15, 0.2) is 26.4 Å². The van der Waals surface area contributed by atoms with Crippen molar-refractivity contribution < 1.29 is 4.52 Å². The fraction of sp³-hybridized carbons (Fsp3) is 0.647. The van der Waals surface area contributed by atoms with Gasteiger partial charge in [-0.25, -0.2) is 4.79 Å². The second kappa shape index (κ2) is 4.91. The Morgan fingerprint density at radius 1 is 1.17 bits per heavy atom. The van der Waals surface area contributed by atoms with E-state index in [0.717, 1.165) is 23.6 Å². The highest BCUT2D eigenvalue weighted by molar-refractivity contribution is 5.16. The summed E-state index contributed by atoms with van der Waals surface area (Å²) in [6, 6.07) is 1.32. The average molecular weight is 328 g/mol. The second-order valence-corrected chi connectivity index (χ2v) is 7.95. The molecule has 0 aromatic carbocycles. The number of hydrogen-bond acceptors (Lipinski definition) is 5. The lowest BCUT2D eigenvalue weighted by atomic mass is 9.49. The molecule has 4 aliphatic rings. The third-order valence-electron chi connectivity index (χ3n) is 6.18. The van der Waals surface area contributed by atoms with E-state index in [1.807, 2.05) is 0 Å². The molecule has 7 heteroatoms. The van der Waals surface area contributed by atoms with Crippen LogP contribution in [-0.4, -0.2) is 19.7 Å². The van der Waals surface area contributed by atoms with Gasteiger partial charge in [-0.1, -0.05) is 5.16 Å². The van der Waals surface area contributed by atoms with Crippen molar-refractivity contribution in [2.24, 2.45) is 17.8 Å². The van der Waals surface area contributed by atoms with Crippen LogP contribution in [0, 0.1) is 17.8 Å². The monoisotopic (exact) mass is 328 g/mol. The van der Waals surface area contributed by atoms with Gasteiger partial charge in [0.2, 0.25) is 5.89 Å².